The fourth-order valence-corrected chi connectivity index (χ4v) is 8.64. The van der Waals surface area contributed by atoms with E-state index >= 15 is 0 Å². The maximum Gasteiger partial charge on any atom is 0.164 e. The Labute approximate surface area is 371 Å². The van der Waals surface area contributed by atoms with Crippen molar-refractivity contribution in [2.24, 2.45) is 0 Å². The van der Waals surface area contributed by atoms with Crippen LogP contribution in [0.25, 0.3) is 112 Å². The second-order valence-electron chi connectivity index (χ2n) is 16.0. The molecule has 0 radical (unpaired) electrons. The quantitative estimate of drug-likeness (QED) is 0.142. The van der Waals surface area contributed by atoms with Crippen molar-refractivity contribution < 1.29 is 0 Å². The molecule has 0 amide bonds. The van der Waals surface area contributed by atoms with Crippen LogP contribution in [0.3, 0.4) is 0 Å². The molecule has 0 aliphatic carbocycles. The molecule has 0 saturated heterocycles. The largest absolute Gasteiger partial charge is 0.208 e. The smallest absolute Gasteiger partial charge is 0.164 e. The molecule has 0 atom stereocenters. The molecule has 11 rings (SSSR count). The zero-order chi connectivity index (χ0) is 43.0. The summed E-state index contributed by atoms with van der Waals surface area (Å²) in [5.74, 6) is 3.82. The first-order chi connectivity index (χ1) is 31.6. The van der Waals surface area contributed by atoms with E-state index in [1.807, 2.05) is 84.9 Å². The van der Waals surface area contributed by atoms with E-state index in [9.17, 15) is 0 Å². The molecule has 6 nitrogen and oxygen atoms in total. The van der Waals surface area contributed by atoms with Gasteiger partial charge in [0.15, 0.2) is 34.9 Å². The molecular weight excluding hydrogens is 781 g/mol. The van der Waals surface area contributed by atoms with Crippen LogP contribution >= 0.6 is 0 Å². The van der Waals surface area contributed by atoms with Gasteiger partial charge in [0.05, 0.1) is 0 Å². The molecule has 0 spiro atoms. The third-order valence-electron chi connectivity index (χ3n) is 11.9. The fourth-order valence-electron chi connectivity index (χ4n) is 8.64. The number of benzene rings is 9. The Morgan fingerprint density at radius 2 is 0.484 bits per heavy atom. The number of fused-ring (bicyclic) bond motifs is 3. The van der Waals surface area contributed by atoms with E-state index in [0.717, 1.165) is 66.8 Å². The van der Waals surface area contributed by atoms with Crippen molar-refractivity contribution in [3.05, 3.63) is 217 Å². The van der Waals surface area contributed by atoms with Gasteiger partial charge in [-0.05, 0) is 68.8 Å². The number of hydrogen-bond donors (Lipinski definition) is 0. The molecule has 2 aromatic heterocycles. The van der Waals surface area contributed by atoms with Gasteiger partial charge in [-0.3, -0.25) is 0 Å². The van der Waals surface area contributed by atoms with Crippen molar-refractivity contribution in [1.29, 1.82) is 0 Å². The van der Waals surface area contributed by atoms with Gasteiger partial charge in [0, 0.05) is 33.4 Å². The van der Waals surface area contributed by atoms with Gasteiger partial charge in [0.25, 0.3) is 0 Å². The van der Waals surface area contributed by atoms with Crippen LogP contribution in [-0.2, 0) is 0 Å². The minimum absolute atomic E-state index is 0.622. The van der Waals surface area contributed by atoms with Crippen LogP contribution in [0.1, 0.15) is 11.1 Å². The summed E-state index contributed by atoms with van der Waals surface area (Å²) in [6, 6.07) is 71.4. The van der Waals surface area contributed by atoms with Crippen molar-refractivity contribution in [2.45, 2.75) is 13.8 Å². The summed E-state index contributed by atoms with van der Waals surface area (Å²) in [5.41, 5.74) is 12.4. The Hall–Kier alpha value is -8.48. The van der Waals surface area contributed by atoms with E-state index in [1.165, 1.54) is 21.5 Å². The third kappa shape index (κ3) is 7.17. The number of nitrogens with zero attached hydrogens (tertiary/aromatic N) is 6. The Morgan fingerprint density at radius 3 is 0.844 bits per heavy atom. The van der Waals surface area contributed by atoms with E-state index in [-0.39, 0.29) is 0 Å². The molecule has 0 fully saturated rings. The average molecular weight is 821 g/mol. The van der Waals surface area contributed by atoms with Crippen LogP contribution in [-0.4, -0.2) is 29.9 Å². The highest BCUT2D eigenvalue weighted by Crippen LogP contribution is 2.45. The zero-order valence-electron chi connectivity index (χ0n) is 35.3. The van der Waals surface area contributed by atoms with Crippen molar-refractivity contribution in [3.63, 3.8) is 0 Å². The predicted octanol–water partition coefficient (Wildman–Crippen LogP) is 14.3. The topological polar surface area (TPSA) is 77.3 Å². The van der Waals surface area contributed by atoms with E-state index in [2.05, 4.69) is 135 Å². The highest BCUT2D eigenvalue weighted by molar-refractivity contribution is 6.21. The molecule has 0 aliphatic rings. The standard InChI is InChI=1S/C58H40N6/c1-37-17-9-11-23-45(37)57-61-53(41-19-5-3-6-20-41)59-55(63-57)43-33-29-39(30-34-43)51-49-27-15-13-25-47(49)48-26-14-16-28-50(48)52(51)40-31-35-44(36-32-40)56-60-54(42-21-7-4-8-22-42)62-58(64-56)46-24-12-10-18-38(46)2/h3-36H,1-2H3. The predicted molar refractivity (Wildman–Crippen MR) is 261 cm³/mol. The van der Waals surface area contributed by atoms with E-state index in [0.29, 0.717) is 34.9 Å². The molecule has 0 saturated carbocycles. The Morgan fingerprint density at radius 1 is 0.219 bits per heavy atom. The monoisotopic (exact) mass is 820 g/mol. The first-order valence-electron chi connectivity index (χ1n) is 21.5. The minimum atomic E-state index is 0.622. The van der Waals surface area contributed by atoms with Crippen LogP contribution in [0, 0.1) is 13.8 Å². The van der Waals surface area contributed by atoms with Crippen molar-refractivity contribution in [2.75, 3.05) is 0 Å². The number of hydrogen-bond acceptors (Lipinski definition) is 6. The first kappa shape index (κ1) is 38.4. The van der Waals surface area contributed by atoms with Crippen molar-refractivity contribution >= 4 is 21.5 Å². The number of aromatic nitrogens is 6. The molecule has 0 unspecified atom stereocenters. The molecule has 6 heteroatoms. The highest BCUT2D eigenvalue weighted by atomic mass is 15.0. The number of aryl methyl sites for hydroxylation is 2. The summed E-state index contributed by atoms with van der Waals surface area (Å²) >= 11 is 0. The summed E-state index contributed by atoms with van der Waals surface area (Å²) in [6.45, 7) is 4.18. The van der Waals surface area contributed by atoms with Crippen LogP contribution in [0.2, 0.25) is 0 Å². The molecule has 64 heavy (non-hydrogen) atoms. The molecule has 302 valence electrons. The normalized spacial score (nSPS) is 11.3. The lowest BCUT2D eigenvalue weighted by atomic mass is 9.84. The molecule has 11 aromatic rings. The lowest BCUT2D eigenvalue weighted by molar-refractivity contribution is 1.07. The average Bonchev–Trinajstić information content (AvgIpc) is 3.36. The van der Waals surface area contributed by atoms with Gasteiger partial charge >= 0.3 is 0 Å². The van der Waals surface area contributed by atoms with Crippen LogP contribution < -0.4 is 0 Å². The third-order valence-corrected chi connectivity index (χ3v) is 11.9. The summed E-state index contributed by atoms with van der Waals surface area (Å²) in [7, 11) is 0. The molecule has 9 aromatic carbocycles. The SMILES string of the molecule is Cc1ccccc1-c1nc(-c2ccccc2)nc(-c2ccc(-c3c(-c4ccc(-c5nc(-c6ccccc6)nc(-c6ccccc6C)n5)cc4)c4ccccc4c4ccccc34)cc2)n1. The van der Waals surface area contributed by atoms with Crippen molar-refractivity contribution in [1.82, 2.24) is 29.9 Å². The Bertz CT molecular complexity index is 3260. The molecule has 0 N–H and O–H groups in total. The minimum Gasteiger partial charge on any atom is -0.208 e. The van der Waals surface area contributed by atoms with Gasteiger partial charge in [0.2, 0.25) is 0 Å². The Balaban J connectivity index is 1.05. The van der Waals surface area contributed by atoms with Crippen molar-refractivity contribution in [3.8, 4) is 90.6 Å². The summed E-state index contributed by atoms with van der Waals surface area (Å²) in [5, 5.41) is 4.75. The van der Waals surface area contributed by atoms with Gasteiger partial charge in [0.1, 0.15) is 0 Å². The summed E-state index contributed by atoms with van der Waals surface area (Å²) in [4.78, 5) is 30.1. The van der Waals surface area contributed by atoms with Gasteiger partial charge in [-0.15, -0.1) is 0 Å². The highest BCUT2D eigenvalue weighted by Gasteiger charge is 2.20. The van der Waals surface area contributed by atoms with Crippen LogP contribution in [0.15, 0.2) is 206 Å². The Kier molecular flexibility index (Phi) is 9.86. The van der Waals surface area contributed by atoms with Gasteiger partial charge in [-0.25, -0.2) is 29.9 Å². The second kappa shape index (κ2) is 16.4. The summed E-state index contributed by atoms with van der Waals surface area (Å²) in [6.07, 6.45) is 0. The second-order valence-corrected chi connectivity index (χ2v) is 16.0. The lowest BCUT2D eigenvalue weighted by Gasteiger charge is -2.19. The van der Waals surface area contributed by atoms with Crippen LogP contribution in [0.4, 0.5) is 0 Å². The van der Waals surface area contributed by atoms with E-state index < -0.39 is 0 Å². The first-order valence-corrected chi connectivity index (χ1v) is 21.5. The van der Waals surface area contributed by atoms with Gasteiger partial charge < -0.3 is 0 Å². The maximum atomic E-state index is 5.06. The van der Waals surface area contributed by atoms with E-state index in [1.54, 1.807) is 0 Å². The number of rotatable bonds is 8. The van der Waals surface area contributed by atoms with Crippen LogP contribution in [0.5, 0.6) is 0 Å². The molecule has 0 bridgehead atoms. The lowest BCUT2D eigenvalue weighted by Crippen LogP contribution is -2.01. The molecule has 2 heterocycles. The van der Waals surface area contributed by atoms with E-state index in [4.69, 9.17) is 29.9 Å². The molecular formula is C58H40N6. The fraction of sp³-hybridized carbons (Fsp3) is 0.0345. The van der Waals surface area contributed by atoms with Gasteiger partial charge in [-0.2, -0.15) is 0 Å². The zero-order valence-corrected chi connectivity index (χ0v) is 35.3. The maximum absolute atomic E-state index is 5.06. The summed E-state index contributed by atoms with van der Waals surface area (Å²) < 4.78 is 0. The molecule has 0 aliphatic heterocycles. The van der Waals surface area contributed by atoms with Gasteiger partial charge in [-0.1, -0.05) is 206 Å².